The Bertz CT molecular complexity index is 543. The van der Waals surface area contributed by atoms with Crippen LogP contribution in [-0.4, -0.2) is 71.0 Å². The van der Waals surface area contributed by atoms with Gasteiger partial charge in [-0.2, -0.15) is 0 Å². The number of carbonyl (C=O) groups is 1. The molecule has 0 aliphatic heterocycles. The van der Waals surface area contributed by atoms with Gasteiger partial charge >= 0.3 is 5.97 Å². The number of rotatable bonds is 16. The van der Waals surface area contributed by atoms with Gasteiger partial charge in [-0.3, -0.25) is 0 Å². The third-order valence-electron chi connectivity index (χ3n) is 3.31. The lowest BCUT2D eigenvalue weighted by Gasteiger charge is -2.19. The third kappa shape index (κ3) is 16.7. The average molecular weight is 524 g/mol. The van der Waals surface area contributed by atoms with Gasteiger partial charge in [-0.25, -0.2) is 4.79 Å². The molecule has 0 unspecified atom stereocenters. The maximum Gasteiger partial charge on any atom is 0.332 e. The van der Waals surface area contributed by atoms with Crippen molar-refractivity contribution in [3.8, 4) is 0 Å². The molecule has 29 heavy (non-hydrogen) atoms. The van der Waals surface area contributed by atoms with E-state index in [1.165, 1.54) is 3.57 Å². The molecule has 0 N–H and O–H groups in total. The van der Waals surface area contributed by atoms with E-state index in [0.717, 1.165) is 5.56 Å². The van der Waals surface area contributed by atoms with Crippen LogP contribution >= 0.6 is 22.6 Å². The molecule has 0 radical (unpaired) electrons. The van der Waals surface area contributed by atoms with Gasteiger partial charge in [0.15, 0.2) is 0 Å². The van der Waals surface area contributed by atoms with Crippen LogP contribution in [0.5, 0.6) is 0 Å². The molecule has 166 valence electrons. The zero-order chi connectivity index (χ0) is 21.4. The Morgan fingerprint density at radius 2 is 1.21 bits per heavy atom. The molecule has 0 aliphatic rings. The molecular weight excluding hydrogens is 491 g/mol. The van der Waals surface area contributed by atoms with E-state index in [2.05, 4.69) is 46.9 Å². The van der Waals surface area contributed by atoms with Crippen LogP contribution in [0.25, 0.3) is 0 Å². The lowest BCUT2D eigenvalue weighted by atomic mass is 10.2. The molecule has 0 saturated heterocycles. The summed E-state index contributed by atoms with van der Waals surface area (Å²) in [6, 6.07) is 8.25. The third-order valence-corrected chi connectivity index (χ3v) is 4.03. The molecular formula is C21H33IO7. The van der Waals surface area contributed by atoms with Crippen LogP contribution in [0, 0.1) is 3.57 Å². The predicted molar refractivity (Wildman–Crippen MR) is 118 cm³/mol. The standard InChI is InChI=1S/C21H33IO7/c1-21(2,3)29-20(23)17-28-15-13-26-11-9-24-8-10-25-12-14-27-16-18-4-6-19(22)7-5-18/h4-7H,8-17H2,1-3H3. The summed E-state index contributed by atoms with van der Waals surface area (Å²) in [6.45, 7) is 9.80. The Balaban J connectivity index is 1.78. The monoisotopic (exact) mass is 524 g/mol. The van der Waals surface area contributed by atoms with E-state index in [9.17, 15) is 4.79 Å². The van der Waals surface area contributed by atoms with E-state index in [1.54, 1.807) is 0 Å². The topological polar surface area (TPSA) is 72.5 Å². The van der Waals surface area contributed by atoms with Crippen LogP contribution in [0.2, 0.25) is 0 Å². The van der Waals surface area contributed by atoms with Crippen LogP contribution in [0.15, 0.2) is 24.3 Å². The minimum atomic E-state index is -0.494. The van der Waals surface area contributed by atoms with Gasteiger partial charge in [0, 0.05) is 3.57 Å². The smallest absolute Gasteiger partial charge is 0.332 e. The van der Waals surface area contributed by atoms with Crippen molar-refractivity contribution in [1.29, 1.82) is 0 Å². The summed E-state index contributed by atoms with van der Waals surface area (Å²) in [4.78, 5) is 11.4. The fraction of sp³-hybridized carbons (Fsp3) is 0.667. The lowest BCUT2D eigenvalue weighted by molar-refractivity contribution is -0.160. The van der Waals surface area contributed by atoms with Gasteiger partial charge in [0.25, 0.3) is 0 Å². The predicted octanol–water partition coefficient (Wildman–Crippen LogP) is 3.22. The molecule has 1 aromatic rings. The van der Waals surface area contributed by atoms with Gasteiger partial charge in [0.2, 0.25) is 0 Å². The van der Waals surface area contributed by atoms with Gasteiger partial charge < -0.3 is 28.4 Å². The second-order valence-electron chi connectivity index (χ2n) is 7.16. The largest absolute Gasteiger partial charge is 0.458 e. The highest BCUT2D eigenvalue weighted by atomic mass is 127. The maximum absolute atomic E-state index is 11.4. The van der Waals surface area contributed by atoms with E-state index >= 15 is 0 Å². The van der Waals surface area contributed by atoms with Crippen molar-refractivity contribution in [3.05, 3.63) is 33.4 Å². The highest BCUT2D eigenvalue weighted by Gasteiger charge is 2.15. The van der Waals surface area contributed by atoms with E-state index in [-0.39, 0.29) is 12.6 Å². The van der Waals surface area contributed by atoms with Crippen molar-refractivity contribution >= 4 is 28.6 Å². The molecule has 0 heterocycles. The zero-order valence-corrected chi connectivity index (χ0v) is 19.8. The minimum absolute atomic E-state index is 0.0666. The molecule has 0 atom stereocenters. The first-order valence-corrected chi connectivity index (χ1v) is 10.8. The summed E-state index contributed by atoms with van der Waals surface area (Å²) < 4.78 is 33.3. The molecule has 0 saturated carbocycles. The molecule has 8 heteroatoms. The number of benzene rings is 1. The number of ether oxygens (including phenoxy) is 6. The molecule has 0 aromatic heterocycles. The molecule has 0 amide bonds. The fourth-order valence-corrected chi connectivity index (χ4v) is 2.43. The average Bonchev–Trinajstić information content (AvgIpc) is 2.65. The molecule has 1 rings (SSSR count). The van der Waals surface area contributed by atoms with Crippen LogP contribution in [0.3, 0.4) is 0 Å². The number of carbonyl (C=O) groups excluding carboxylic acids is 1. The highest BCUT2D eigenvalue weighted by Crippen LogP contribution is 2.08. The van der Waals surface area contributed by atoms with Crippen LogP contribution in [0.4, 0.5) is 0 Å². The SMILES string of the molecule is CC(C)(C)OC(=O)COCCOCCOCCOCCOCc1ccc(I)cc1. The normalized spacial score (nSPS) is 11.6. The van der Waals surface area contributed by atoms with Crippen molar-refractivity contribution in [2.45, 2.75) is 33.0 Å². The first kappa shape index (κ1) is 26.3. The Kier molecular flexibility index (Phi) is 14.5. The second kappa shape index (κ2) is 16.0. The van der Waals surface area contributed by atoms with Crippen LogP contribution < -0.4 is 0 Å². The van der Waals surface area contributed by atoms with Crippen molar-refractivity contribution in [1.82, 2.24) is 0 Å². The molecule has 0 fully saturated rings. The summed E-state index contributed by atoms with van der Waals surface area (Å²) in [6.07, 6.45) is 0. The molecule has 1 aromatic carbocycles. The van der Waals surface area contributed by atoms with Crippen molar-refractivity contribution in [2.24, 2.45) is 0 Å². The summed E-state index contributed by atoms with van der Waals surface area (Å²) in [7, 11) is 0. The Morgan fingerprint density at radius 3 is 1.69 bits per heavy atom. The summed E-state index contributed by atoms with van der Waals surface area (Å²) in [5, 5.41) is 0. The van der Waals surface area contributed by atoms with Crippen LogP contribution in [0.1, 0.15) is 26.3 Å². The summed E-state index contributed by atoms with van der Waals surface area (Å²) in [5.74, 6) is -0.374. The van der Waals surface area contributed by atoms with Gasteiger partial charge in [-0.15, -0.1) is 0 Å². The molecule has 7 nitrogen and oxygen atoms in total. The Labute approximate surface area is 187 Å². The molecule has 0 bridgehead atoms. The Hall–Kier alpha value is -0.780. The highest BCUT2D eigenvalue weighted by molar-refractivity contribution is 14.1. The first-order chi connectivity index (χ1) is 13.9. The van der Waals surface area contributed by atoms with Gasteiger partial charge in [-0.1, -0.05) is 12.1 Å². The minimum Gasteiger partial charge on any atom is -0.458 e. The van der Waals surface area contributed by atoms with E-state index in [1.807, 2.05) is 20.8 Å². The zero-order valence-electron chi connectivity index (χ0n) is 17.6. The number of halogens is 1. The first-order valence-electron chi connectivity index (χ1n) is 9.72. The number of hydrogen-bond acceptors (Lipinski definition) is 7. The van der Waals surface area contributed by atoms with Crippen LogP contribution in [-0.2, 0) is 39.8 Å². The summed E-state index contributed by atoms with van der Waals surface area (Å²) >= 11 is 2.28. The van der Waals surface area contributed by atoms with Crippen molar-refractivity contribution in [3.63, 3.8) is 0 Å². The van der Waals surface area contributed by atoms with E-state index in [4.69, 9.17) is 28.4 Å². The second-order valence-corrected chi connectivity index (χ2v) is 8.40. The Morgan fingerprint density at radius 1 is 0.759 bits per heavy atom. The quantitative estimate of drug-likeness (QED) is 0.187. The van der Waals surface area contributed by atoms with E-state index < -0.39 is 5.60 Å². The number of hydrogen-bond donors (Lipinski definition) is 0. The summed E-state index contributed by atoms with van der Waals surface area (Å²) in [5.41, 5.74) is 0.663. The van der Waals surface area contributed by atoms with E-state index in [0.29, 0.717) is 59.5 Å². The van der Waals surface area contributed by atoms with Gasteiger partial charge in [-0.05, 0) is 61.1 Å². The van der Waals surface area contributed by atoms with Crippen molar-refractivity contribution in [2.75, 3.05) is 59.5 Å². The van der Waals surface area contributed by atoms with Crippen molar-refractivity contribution < 1.29 is 33.2 Å². The van der Waals surface area contributed by atoms with Gasteiger partial charge in [0.1, 0.15) is 12.2 Å². The fourth-order valence-electron chi connectivity index (χ4n) is 2.07. The van der Waals surface area contributed by atoms with Gasteiger partial charge in [0.05, 0.1) is 59.5 Å². The maximum atomic E-state index is 11.4. The lowest BCUT2D eigenvalue weighted by Crippen LogP contribution is -2.27. The molecule has 0 aliphatic carbocycles. The number of esters is 1. The molecule has 0 spiro atoms.